The van der Waals surface area contributed by atoms with Gasteiger partial charge in [-0.15, -0.1) is 0 Å². The lowest BCUT2D eigenvalue weighted by molar-refractivity contribution is -0.143. The highest BCUT2D eigenvalue weighted by molar-refractivity contribution is 6.01. The summed E-state index contributed by atoms with van der Waals surface area (Å²) in [6, 6.07) is 10.2. The number of carbonyl (C=O) groups excluding carboxylic acids is 6. The van der Waals surface area contributed by atoms with Crippen molar-refractivity contribution in [3.8, 4) is 0 Å². The molecule has 8 N–H and O–H groups in total. The van der Waals surface area contributed by atoms with Gasteiger partial charge in [-0.2, -0.15) is 0 Å². The molecule has 2 aliphatic rings. The summed E-state index contributed by atoms with van der Waals surface area (Å²) in [5, 5.41) is 22.8. The number of nitrogens with zero attached hydrogens (tertiary/aromatic N) is 1. The molecule has 2 fully saturated rings. The van der Waals surface area contributed by atoms with Crippen LogP contribution in [0, 0.1) is 6.92 Å². The number of aliphatic carboxylic acids is 1. The Bertz CT molecular complexity index is 1610. The third-order valence-electron chi connectivity index (χ3n) is 8.84. The number of benzene rings is 2. The fraction of sp³-hybridized carbons (Fsp3) is 0.457. The Morgan fingerprint density at radius 1 is 0.940 bits per heavy atom. The first-order valence-electron chi connectivity index (χ1n) is 16.8. The van der Waals surface area contributed by atoms with Crippen molar-refractivity contribution in [1.82, 2.24) is 20.9 Å². The average molecular weight is 692 g/mol. The van der Waals surface area contributed by atoms with Gasteiger partial charge >= 0.3 is 12.0 Å². The van der Waals surface area contributed by atoms with Gasteiger partial charge < -0.3 is 42.3 Å². The van der Waals surface area contributed by atoms with Crippen LogP contribution in [0.5, 0.6) is 0 Å². The summed E-state index contributed by atoms with van der Waals surface area (Å²) in [5.41, 5.74) is 6.86. The number of urea groups is 1. The maximum atomic E-state index is 13.4. The van der Waals surface area contributed by atoms with Crippen molar-refractivity contribution in [1.29, 1.82) is 0 Å². The van der Waals surface area contributed by atoms with Crippen molar-refractivity contribution in [3.05, 3.63) is 59.7 Å². The average Bonchev–Trinajstić information content (AvgIpc) is 3.67. The van der Waals surface area contributed by atoms with E-state index in [0.717, 1.165) is 5.56 Å². The second kappa shape index (κ2) is 16.8. The molecule has 2 aromatic rings. The van der Waals surface area contributed by atoms with Gasteiger partial charge in [-0.05, 0) is 68.4 Å². The van der Waals surface area contributed by atoms with Gasteiger partial charge in [0.15, 0.2) is 0 Å². The Kier molecular flexibility index (Phi) is 12.5. The summed E-state index contributed by atoms with van der Waals surface area (Å²) in [6.07, 6.45) is 2.25. The molecule has 268 valence electrons. The first-order chi connectivity index (χ1) is 23.8. The number of carboxylic acid groups (broad SMARTS) is 1. The summed E-state index contributed by atoms with van der Waals surface area (Å²) in [5.74, 6) is -4.53. The Morgan fingerprint density at radius 2 is 1.64 bits per heavy atom. The molecule has 0 unspecified atom stereocenters. The van der Waals surface area contributed by atoms with Crippen LogP contribution in [-0.4, -0.2) is 81.8 Å². The zero-order chi connectivity index (χ0) is 36.4. The molecule has 3 atom stereocenters. The van der Waals surface area contributed by atoms with Crippen molar-refractivity contribution in [2.24, 2.45) is 5.73 Å². The second-order valence-electron chi connectivity index (χ2n) is 12.8. The van der Waals surface area contributed by atoms with Gasteiger partial charge in [0.1, 0.15) is 23.7 Å². The van der Waals surface area contributed by atoms with Crippen LogP contribution in [0.25, 0.3) is 0 Å². The van der Waals surface area contributed by atoms with E-state index < -0.39 is 71.6 Å². The molecule has 0 bridgehead atoms. The van der Waals surface area contributed by atoms with Crippen LogP contribution >= 0.6 is 0 Å². The summed E-state index contributed by atoms with van der Waals surface area (Å²) in [6.45, 7) is 4.10. The summed E-state index contributed by atoms with van der Waals surface area (Å²) in [4.78, 5) is 90.4. The molecular weight excluding hydrogens is 646 g/mol. The minimum atomic E-state index is -1.53. The second-order valence-corrected chi connectivity index (χ2v) is 12.8. The number of amides is 7. The van der Waals surface area contributed by atoms with E-state index in [4.69, 9.17) is 5.73 Å². The van der Waals surface area contributed by atoms with Gasteiger partial charge in [-0.25, -0.2) is 4.79 Å². The normalized spacial score (nSPS) is 17.1. The van der Waals surface area contributed by atoms with Crippen molar-refractivity contribution in [3.63, 3.8) is 0 Å². The van der Waals surface area contributed by atoms with E-state index in [1.165, 1.54) is 4.90 Å². The van der Waals surface area contributed by atoms with Crippen molar-refractivity contribution < 1.29 is 38.7 Å². The molecule has 1 saturated heterocycles. The van der Waals surface area contributed by atoms with Crippen molar-refractivity contribution in [2.45, 2.75) is 95.3 Å². The minimum absolute atomic E-state index is 0.0853. The largest absolute Gasteiger partial charge is 0.481 e. The lowest BCUT2D eigenvalue weighted by Gasteiger charge is -2.29. The number of rotatable bonds is 16. The number of likely N-dealkylation sites (tertiary alicyclic amines) is 1. The topological polar surface area (TPSA) is 229 Å². The number of carboxylic acids is 1. The number of nitrogens with one attached hydrogen (secondary N) is 5. The highest BCUT2D eigenvalue weighted by Crippen LogP contribution is 2.39. The predicted octanol–water partition coefficient (Wildman–Crippen LogP) is 1.94. The van der Waals surface area contributed by atoms with E-state index in [2.05, 4.69) is 26.6 Å². The molecule has 1 aliphatic carbocycles. The fourth-order valence-electron chi connectivity index (χ4n) is 5.89. The van der Waals surface area contributed by atoms with Crippen LogP contribution in [-0.2, 0) is 35.2 Å². The van der Waals surface area contributed by atoms with Gasteiger partial charge in [0.25, 0.3) is 0 Å². The molecule has 1 aliphatic heterocycles. The van der Waals surface area contributed by atoms with Crippen LogP contribution in [0.1, 0.15) is 69.4 Å². The molecule has 50 heavy (non-hydrogen) atoms. The molecule has 0 aromatic heterocycles. The summed E-state index contributed by atoms with van der Waals surface area (Å²) < 4.78 is 0. The molecule has 1 heterocycles. The highest BCUT2D eigenvalue weighted by atomic mass is 16.4. The lowest BCUT2D eigenvalue weighted by Crippen LogP contribution is -2.59. The number of para-hydroxylation sites is 1. The van der Waals surface area contributed by atoms with Crippen LogP contribution in [0.15, 0.2) is 48.5 Å². The predicted molar refractivity (Wildman–Crippen MR) is 184 cm³/mol. The van der Waals surface area contributed by atoms with Crippen LogP contribution in [0.4, 0.5) is 16.2 Å². The third-order valence-corrected chi connectivity index (χ3v) is 8.84. The van der Waals surface area contributed by atoms with Gasteiger partial charge in [0.05, 0.1) is 12.8 Å². The summed E-state index contributed by atoms with van der Waals surface area (Å²) >= 11 is 0. The number of primary amides is 1. The minimum Gasteiger partial charge on any atom is -0.481 e. The van der Waals surface area contributed by atoms with Gasteiger partial charge in [-0.3, -0.25) is 28.8 Å². The third kappa shape index (κ3) is 10.0. The van der Waals surface area contributed by atoms with E-state index in [9.17, 15) is 38.7 Å². The zero-order valence-electron chi connectivity index (χ0n) is 28.3. The Labute approximate surface area is 290 Å². The van der Waals surface area contributed by atoms with E-state index >= 15 is 0 Å². The maximum absolute atomic E-state index is 13.4. The van der Waals surface area contributed by atoms with Crippen molar-refractivity contribution in [2.75, 3.05) is 17.2 Å². The number of anilines is 2. The first kappa shape index (κ1) is 37.4. The van der Waals surface area contributed by atoms with Crippen LogP contribution < -0.4 is 32.3 Å². The zero-order valence-corrected chi connectivity index (χ0v) is 28.3. The number of nitrogens with two attached hydrogens (primary N) is 1. The van der Waals surface area contributed by atoms with E-state index in [1.54, 1.807) is 30.3 Å². The number of hydrogen-bond acceptors (Lipinski definition) is 7. The molecular formula is C35H45N7O8. The summed E-state index contributed by atoms with van der Waals surface area (Å²) in [7, 11) is 0. The monoisotopic (exact) mass is 691 g/mol. The number of aryl methyl sites for hydroxylation is 1. The molecule has 4 rings (SSSR count). The SMILES string of the molecule is CCCC[C@H](NC(=O)Cc1ccc(NC(=O)Nc2ccccc2C)cc1)C(=O)N[C@@H](CC(=O)O)C(=O)NC1(C(=O)N2CCC[C@H]2C(N)=O)CC1. The van der Waals surface area contributed by atoms with Gasteiger partial charge in [-0.1, -0.05) is 50.1 Å². The van der Waals surface area contributed by atoms with E-state index in [1.807, 2.05) is 32.0 Å². The molecule has 0 radical (unpaired) electrons. The number of unbranched alkanes of at least 4 members (excludes halogenated alkanes) is 1. The smallest absolute Gasteiger partial charge is 0.323 e. The highest BCUT2D eigenvalue weighted by Gasteiger charge is 2.55. The standard InChI is InChI=1S/C35H45N7O8/c1-3-4-9-25(38-28(43)19-22-12-14-23(15-13-22)37-34(50)40-24-10-6-5-8-21(24)2)31(47)39-26(20-29(44)45)32(48)41-35(16-17-35)33(49)42-18-7-11-27(42)30(36)46/h5-6,8,10,12-15,25-27H,3-4,7,9,11,16-20H2,1-2H3,(H2,36,46)(H,38,43)(H,39,47)(H,41,48)(H,44,45)(H2,37,40,50)/t25-,26-,27-/m0/s1. The van der Waals surface area contributed by atoms with Crippen molar-refractivity contribution >= 4 is 52.9 Å². The molecule has 2 aromatic carbocycles. The van der Waals surface area contributed by atoms with Gasteiger partial charge in [0.2, 0.25) is 29.5 Å². The Hall–Kier alpha value is -5.47. The number of carbonyl (C=O) groups is 7. The first-order valence-corrected chi connectivity index (χ1v) is 16.8. The fourth-order valence-corrected chi connectivity index (χ4v) is 5.89. The molecule has 0 spiro atoms. The maximum Gasteiger partial charge on any atom is 0.323 e. The molecule has 15 nitrogen and oxygen atoms in total. The molecule has 7 amide bonds. The van der Waals surface area contributed by atoms with E-state index in [-0.39, 0.29) is 12.8 Å². The quantitative estimate of drug-likeness (QED) is 0.137. The molecule has 1 saturated carbocycles. The Morgan fingerprint density at radius 3 is 2.26 bits per heavy atom. The molecule has 15 heteroatoms. The lowest BCUT2D eigenvalue weighted by atomic mass is 10.1. The number of hydrogen-bond donors (Lipinski definition) is 7. The Balaban J connectivity index is 1.35. The van der Waals surface area contributed by atoms with Crippen LogP contribution in [0.3, 0.4) is 0 Å². The van der Waals surface area contributed by atoms with Gasteiger partial charge in [0, 0.05) is 17.9 Å². The van der Waals surface area contributed by atoms with E-state index in [0.29, 0.717) is 62.0 Å². The van der Waals surface area contributed by atoms with Crippen LogP contribution in [0.2, 0.25) is 0 Å².